The molecular weight excluding hydrogens is 461 g/mol. The third kappa shape index (κ3) is 6.97. The van der Waals surface area contributed by atoms with E-state index in [2.05, 4.69) is 11.7 Å². The van der Waals surface area contributed by atoms with Gasteiger partial charge in [-0.05, 0) is 57.3 Å². The molecule has 0 aliphatic heterocycles. The molecule has 0 saturated heterocycles. The van der Waals surface area contributed by atoms with Crippen LogP contribution >= 0.6 is 0 Å². The third-order valence-electron chi connectivity index (χ3n) is 6.58. The van der Waals surface area contributed by atoms with E-state index >= 15 is 0 Å². The first-order valence-electron chi connectivity index (χ1n) is 11.5. The Balaban J connectivity index is 1.75. The maximum absolute atomic E-state index is 13.4. The van der Waals surface area contributed by atoms with Crippen LogP contribution in [0.3, 0.4) is 0 Å². The first-order chi connectivity index (χ1) is 15.3. The largest absolute Gasteiger partial charge is 0.462 e. The molecule has 0 aromatic carbocycles. The molecule has 11 heteroatoms. The van der Waals surface area contributed by atoms with Gasteiger partial charge in [-0.15, -0.1) is 0 Å². The van der Waals surface area contributed by atoms with Gasteiger partial charge >= 0.3 is 30.0 Å². The number of ether oxygens (including phenoxy) is 2. The lowest BCUT2D eigenvalue weighted by Gasteiger charge is -2.32. The van der Waals surface area contributed by atoms with E-state index in [0.717, 1.165) is 32.1 Å². The Morgan fingerprint density at radius 1 is 0.758 bits per heavy atom. The molecule has 2 fully saturated rings. The summed E-state index contributed by atoms with van der Waals surface area (Å²) in [5.41, 5.74) is 0. The Morgan fingerprint density at radius 3 is 1.79 bits per heavy atom. The van der Waals surface area contributed by atoms with Crippen LogP contribution in [0.5, 0.6) is 0 Å². The Morgan fingerprint density at radius 2 is 1.27 bits per heavy atom. The first-order valence-corrected chi connectivity index (χ1v) is 11.5. The van der Waals surface area contributed by atoms with Crippen LogP contribution in [0.2, 0.25) is 0 Å². The van der Waals surface area contributed by atoms with Crippen molar-refractivity contribution in [1.29, 1.82) is 0 Å². The summed E-state index contributed by atoms with van der Waals surface area (Å²) in [5, 5.41) is 0. The van der Waals surface area contributed by atoms with Crippen molar-refractivity contribution in [3.8, 4) is 0 Å². The highest BCUT2D eigenvalue weighted by Crippen LogP contribution is 2.47. The summed E-state index contributed by atoms with van der Waals surface area (Å²) in [6, 6.07) is 0. The van der Waals surface area contributed by atoms with E-state index in [-0.39, 0.29) is 31.8 Å². The molecule has 192 valence electrons. The number of carbonyl (C=O) groups is 2. The second-order valence-electron chi connectivity index (χ2n) is 9.10. The van der Waals surface area contributed by atoms with Gasteiger partial charge in [0.1, 0.15) is 12.2 Å². The van der Waals surface area contributed by atoms with Crippen molar-refractivity contribution in [2.45, 2.75) is 114 Å². The molecule has 0 aromatic rings. The van der Waals surface area contributed by atoms with Gasteiger partial charge in [0.05, 0.1) is 5.92 Å². The zero-order valence-electron chi connectivity index (χ0n) is 18.6. The summed E-state index contributed by atoms with van der Waals surface area (Å²) in [6.45, 7) is 2.15. The van der Waals surface area contributed by atoms with E-state index in [1.165, 1.54) is 19.3 Å². The lowest BCUT2D eigenvalue weighted by atomic mass is 9.83. The van der Waals surface area contributed by atoms with Gasteiger partial charge in [0.25, 0.3) is 0 Å². The lowest BCUT2D eigenvalue weighted by molar-refractivity contribution is -0.349. The van der Waals surface area contributed by atoms with Gasteiger partial charge < -0.3 is 9.47 Å². The van der Waals surface area contributed by atoms with Crippen LogP contribution in [0, 0.1) is 11.8 Å². The van der Waals surface area contributed by atoms with E-state index in [1.807, 2.05) is 0 Å². The topological polar surface area (TPSA) is 52.6 Å². The number of hydrogen-bond acceptors (Lipinski definition) is 4. The lowest BCUT2D eigenvalue weighted by Crippen LogP contribution is -2.57. The van der Waals surface area contributed by atoms with Gasteiger partial charge in [0.15, 0.2) is 0 Å². The fourth-order valence-electron chi connectivity index (χ4n) is 4.43. The SMILES string of the molecule is CCCCCC1CCC(OC(=O)C2CCC(OC(=O)C(F)(F)C(F)(F)C(F)(F)F)CC2)CC1. The summed E-state index contributed by atoms with van der Waals surface area (Å²) in [5.74, 6) is -15.9. The summed E-state index contributed by atoms with van der Waals surface area (Å²) in [4.78, 5) is 23.8. The van der Waals surface area contributed by atoms with Crippen molar-refractivity contribution >= 4 is 11.9 Å². The van der Waals surface area contributed by atoms with Gasteiger partial charge in [-0.3, -0.25) is 4.79 Å². The number of alkyl halides is 7. The molecule has 0 spiro atoms. The molecule has 0 N–H and O–H groups in total. The van der Waals surface area contributed by atoms with Crippen LogP contribution in [-0.4, -0.2) is 42.2 Å². The van der Waals surface area contributed by atoms with Crippen LogP contribution < -0.4 is 0 Å². The minimum Gasteiger partial charge on any atom is -0.462 e. The standard InChI is InChI=1S/C22H31F7O4/c1-2-3-4-5-14-6-10-16(11-7-14)32-18(30)15-8-12-17(13-9-15)33-19(31)20(23,24)21(25,26)22(27,28)29/h14-17H,2-13H2,1H3. The number of unbranched alkanes of at least 4 members (excludes halogenated alkanes) is 2. The molecule has 2 saturated carbocycles. The molecular formula is C22H31F7O4. The highest BCUT2D eigenvalue weighted by molar-refractivity contribution is 5.79. The van der Waals surface area contributed by atoms with Crippen LogP contribution in [0.15, 0.2) is 0 Å². The minimum atomic E-state index is -6.61. The predicted octanol–water partition coefficient (Wildman–Crippen LogP) is 6.60. The molecule has 0 amide bonds. The maximum Gasteiger partial charge on any atom is 0.460 e. The normalized spacial score (nSPS) is 27.2. The molecule has 0 aromatic heterocycles. The quantitative estimate of drug-likeness (QED) is 0.207. The maximum atomic E-state index is 13.4. The Bertz CT molecular complexity index is 650. The Kier molecular flexibility index (Phi) is 9.44. The monoisotopic (exact) mass is 492 g/mol. The van der Waals surface area contributed by atoms with Crippen LogP contribution in [-0.2, 0) is 19.1 Å². The Hall–Kier alpha value is -1.55. The van der Waals surface area contributed by atoms with E-state index in [0.29, 0.717) is 5.92 Å². The highest BCUT2D eigenvalue weighted by Gasteiger charge is 2.77. The molecule has 0 atom stereocenters. The number of rotatable bonds is 9. The number of carbonyl (C=O) groups excluding carboxylic acids is 2. The van der Waals surface area contributed by atoms with Gasteiger partial charge in [-0.25, -0.2) is 4.79 Å². The highest BCUT2D eigenvalue weighted by atomic mass is 19.4. The van der Waals surface area contributed by atoms with Crippen LogP contribution in [0.1, 0.15) is 84.0 Å². The van der Waals surface area contributed by atoms with Gasteiger partial charge in [-0.2, -0.15) is 30.7 Å². The second-order valence-corrected chi connectivity index (χ2v) is 9.10. The predicted molar refractivity (Wildman–Crippen MR) is 104 cm³/mol. The van der Waals surface area contributed by atoms with E-state index in [4.69, 9.17) is 4.74 Å². The molecule has 0 heterocycles. The number of esters is 2. The summed E-state index contributed by atoms with van der Waals surface area (Å²) >= 11 is 0. The average molecular weight is 492 g/mol. The van der Waals surface area contributed by atoms with Crippen molar-refractivity contribution in [3.63, 3.8) is 0 Å². The molecule has 4 nitrogen and oxygen atoms in total. The zero-order chi connectivity index (χ0) is 24.9. The molecule has 0 radical (unpaired) electrons. The number of hydrogen-bond donors (Lipinski definition) is 0. The fraction of sp³-hybridized carbons (Fsp3) is 0.909. The summed E-state index contributed by atoms with van der Waals surface area (Å²) in [6.07, 6.45) is 0.191. The van der Waals surface area contributed by atoms with E-state index in [1.54, 1.807) is 0 Å². The molecule has 0 bridgehead atoms. The molecule has 2 aliphatic carbocycles. The fourth-order valence-corrected chi connectivity index (χ4v) is 4.43. The smallest absolute Gasteiger partial charge is 0.460 e. The first kappa shape index (κ1) is 27.7. The van der Waals surface area contributed by atoms with Gasteiger partial charge in [0, 0.05) is 0 Å². The van der Waals surface area contributed by atoms with Crippen molar-refractivity contribution in [2.24, 2.45) is 11.8 Å². The second kappa shape index (κ2) is 11.3. The van der Waals surface area contributed by atoms with Crippen LogP contribution in [0.4, 0.5) is 30.7 Å². The Labute approximate surface area is 188 Å². The van der Waals surface area contributed by atoms with Crippen molar-refractivity contribution in [3.05, 3.63) is 0 Å². The zero-order valence-corrected chi connectivity index (χ0v) is 18.6. The summed E-state index contributed by atoms with van der Waals surface area (Å²) in [7, 11) is 0. The van der Waals surface area contributed by atoms with Crippen molar-refractivity contribution in [1.82, 2.24) is 0 Å². The molecule has 2 aliphatic rings. The number of halogens is 7. The van der Waals surface area contributed by atoms with Crippen molar-refractivity contribution in [2.75, 3.05) is 0 Å². The minimum absolute atomic E-state index is 0.102. The molecule has 0 unspecified atom stereocenters. The van der Waals surface area contributed by atoms with E-state index in [9.17, 15) is 40.3 Å². The summed E-state index contributed by atoms with van der Waals surface area (Å²) < 4.78 is 99.2. The average Bonchev–Trinajstić information content (AvgIpc) is 2.74. The molecule has 2 rings (SSSR count). The van der Waals surface area contributed by atoms with Gasteiger partial charge in [0.2, 0.25) is 0 Å². The van der Waals surface area contributed by atoms with E-state index < -0.39 is 42.0 Å². The van der Waals surface area contributed by atoms with Gasteiger partial charge in [-0.1, -0.05) is 32.6 Å². The molecule has 33 heavy (non-hydrogen) atoms. The van der Waals surface area contributed by atoms with Crippen molar-refractivity contribution < 1.29 is 49.8 Å². The van der Waals surface area contributed by atoms with Crippen LogP contribution in [0.25, 0.3) is 0 Å². The third-order valence-corrected chi connectivity index (χ3v) is 6.58.